The maximum absolute atomic E-state index is 13.0. The van der Waals surface area contributed by atoms with E-state index in [4.69, 9.17) is 9.47 Å². The summed E-state index contributed by atoms with van der Waals surface area (Å²) in [5.41, 5.74) is 4.71. The third-order valence-electron chi connectivity index (χ3n) is 11.1. The molecule has 2 amide bonds. The maximum Gasteiger partial charge on any atom is 0.315 e. The number of carbonyl (C=O) groups is 1. The van der Waals surface area contributed by atoms with E-state index in [1.165, 1.54) is 19.3 Å². The number of tetrazole rings is 1. The van der Waals surface area contributed by atoms with Gasteiger partial charge in [0.2, 0.25) is 5.16 Å². The molecule has 9 rings (SSSR count). The normalized spacial score (nSPS) is 30.3. The van der Waals surface area contributed by atoms with Gasteiger partial charge < -0.3 is 25.2 Å². The second-order valence-corrected chi connectivity index (χ2v) is 15.6. The van der Waals surface area contributed by atoms with Gasteiger partial charge in [0.25, 0.3) is 0 Å². The maximum atomic E-state index is 13.0. The number of aliphatic hydroxyl groups is 1. The van der Waals surface area contributed by atoms with Crippen LogP contribution < -0.4 is 10.6 Å². The summed E-state index contributed by atoms with van der Waals surface area (Å²) in [5.74, 6) is 3.02. The molecule has 49 heavy (non-hydrogen) atoms. The number of aliphatic hydroxyl groups excluding tert-OH is 1. The third kappa shape index (κ3) is 6.99. The predicted octanol–water partition coefficient (Wildman–Crippen LogP) is 6.51. The van der Waals surface area contributed by atoms with Crippen LogP contribution in [0.4, 0.5) is 4.79 Å². The number of hydrogen-bond donors (Lipinski definition) is 3. The van der Waals surface area contributed by atoms with Crippen LogP contribution in [-0.4, -0.2) is 48.7 Å². The Bertz CT molecular complexity index is 1700. The number of benzene rings is 3. The van der Waals surface area contributed by atoms with Crippen LogP contribution in [0.1, 0.15) is 80.1 Å². The van der Waals surface area contributed by atoms with Crippen molar-refractivity contribution in [3.05, 3.63) is 101 Å². The highest BCUT2D eigenvalue weighted by molar-refractivity contribution is 7.99. The van der Waals surface area contributed by atoms with Gasteiger partial charge in [0.15, 0.2) is 6.29 Å². The molecule has 4 saturated carbocycles. The molecule has 0 radical (unpaired) electrons. The summed E-state index contributed by atoms with van der Waals surface area (Å²) in [5, 5.41) is 29.2. The molecule has 3 aromatic carbocycles. The SMILES string of the molecule is C[C@H]1[C@@H](CSc2nnnn2-c2ccccc2)O[C@@H](c2ccc(CNC(=O)NC34CC5CC(CC(C5)C3)C4)cc2)O[C@H]1c1ccc(CO)cc1. The minimum absolute atomic E-state index is 0.00633. The van der Waals surface area contributed by atoms with E-state index in [2.05, 4.69) is 33.1 Å². The Morgan fingerprint density at radius 2 is 1.55 bits per heavy atom. The smallest absolute Gasteiger partial charge is 0.315 e. The van der Waals surface area contributed by atoms with Gasteiger partial charge in [-0.15, -0.1) is 5.10 Å². The van der Waals surface area contributed by atoms with Crippen molar-refractivity contribution < 1.29 is 19.4 Å². The minimum atomic E-state index is -0.587. The van der Waals surface area contributed by atoms with Crippen molar-refractivity contribution in [3.8, 4) is 5.69 Å². The Labute approximate surface area is 291 Å². The highest BCUT2D eigenvalue weighted by Gasteiger charge is 2.51. The van der Waals surface area contributed by atoms with Gasteiger partial charge in [-0.25, -0.2) is 4.79 Å². The van der Waals surface area contributed by atoms with E-state index in [0.29, 0.717) is 17.5 Å². The Balaban J connectivity index is 0.941. The van der Waals surface area contributed by atoms with Gasteiger partial charge in [-0.2, -0.15) is 4.68 Å². The first-order chi connectivity index (χ1) is 23.9. The molecule has 1 saturated heterocycles. The van der Waals surface area contributed by atoms with Crippen LogP contribution in [-0.2, 0) is 22.6 Å². The van der Waals surface area contributed by atoms with Crippen molar-refractivity contribution in [2.75, 3.05) is 5.75 Å². The Hall–Kier alpha value is -3.77. The van der Waals surface area contributed by atoms with E-state index in [9.17, 15) is 9.90 Å². The summed E-state index contributed by atoms with van der Waals surface area (Å²) in [6.07, 6.45) is 6.49. The van der Waals surface area contributed by atoms with Crippen molar-refractivity contribution >= 4 is 17.8 Å². The molecule has 4 atom stereocenters. The monoisotopic (exact) mass is 680 g/mol. The summed E-state index contributed by atoms with van der Waals surface area (Å²) in [6, 6.07) is 25.8. The summed E-state index contributed by atoms with van der Waals surface area (Å²) in [7, 11) is 0. The first kappa shape index (κ1) is 32.4. The summed E-state index contributed by atoms with van der Waals surface area (Å²) >= 11 is 1.56. The molecule has 0 spiro atoms. The lowest BCUT2D eigenvalue weighted by atomic mass is 9.53. The zero-order chi connectivity index (χ0) is 33.4. The average molecular weight is 681 g/mol. The summed E-state index contributed by atoms with van der Waals surface area (Å²) in [4.78, 5) is 13.0. The predicted molar refractivity (Wildman–Crippen MR) is 186 cm³/mol. The van der Waals surface area contributed by atoms with E-state index >= 15 is 0 Å². The third-order valence-corrected chi connectivity index (χ3v) is 12.1. The molecule has 3 N–H and O–H groups in total. The second-order valence-electron chi connectivity index (χ2n) is 14.6. The lowest BCUT2D eigenvalue weighted by Crippen LogP contribution is -2.61. The van der Waals surface area contributed by atoms with Gasteiger partial charge in [0.1, 0.15) is 0 Å². The van der Waals surface area contributed by atoms with Gasteiger partial charge in [0, 0.05) is 29.3 Å². The number of nitrogens with zero attached hydrogens (tertiary/aromatic N) is 4. The lowest BCUT2D eigenvalue weighted by molar-refractivity contribution is -0.268. The fourth-order valence-corrected chi connectivity index (χ4v) is 10.0. The molecule has 10 nitrogen and oxygen atoms in total. The number of hydrogen-bond acceptors (Lipinski definition) is 8. The highest BCUT2D eigenvalue weighted by atomic mass is 32.2. The largest absolute Gasteiger partial charge is 0.392 e. The Morgan fingerprint density at radius 3 is 2.22 bits per heavy atom. The van der Waals surface area contributed by atoms with Crippen LogP contribution in [0, 0.1) is 23.7 Å². The number of thioether (sulfide) groups is 1. The molecule has 2 heterocycles. The average Bonchev–Trinajstić information content (AvgIpc) is 3.59. The first-order valence-electron chi connectivity index (χ1n) is 17.6. The molecular weight excluding hydrogens is 637 g/mol. The molecule has 5 fully saturated rings. The quantitative estimate of drug-likeness (QED) is 0.162. The van der Waals surface area contributed by atoms with E-state index in [1.807, 2.05) is 78.9 Å². The molecule has 1 aromatic heterocycles. The van der Waals surface area contributed by atoms with Crippen molar-refractivity contribution in [2.45, 2.75) is 87.8 Å². The van der Waals surface area contributed by atoms with Crippen molar-refractivity contribution in [1.29, 1.82) is 0 Å². The molecule has 256 valence electrons. The minimum Gasteiger partial charge on any atom is -0.392 e. The van der Waals surface area contributed by atoms with Gasteiger partial charge >= 0.3 is 6.03 Å². The number of rotatable bonds is 10. The van der Waals surface area contributed by atoms with E-state index < -0.39 is 6.29 Å². The van der Waals surface area contributed by atoms with E-state index in [0.717, 1.165) is 65.0 Å². The molecule has 4 bridgehead atoms. The zero-order valence-electron chi connectivity index (χ0n) is 27.8. The fraction of sp³-hybridized carbons (Fsp3) is 0.474. The summed E-state index contributed by atoms with van der Waals surface area (Å²) < 4.78 is 15.1. The van der Waals surface area contributed by atoms with E-state index in [1.54, 1.807) is 16.4 Å². The first-order valence-corrected chi connectivity index (χ1v) is 18.5. The van der Waals surface area contributed by atoms with Gasteiger partial charge in [-0.05, 0) is 95.5 Å². The van der Waals surface area contributed by atoms with Gasteiger partial charge in [-0.1, -0.05) is 85.4 Å². The van der Waals surface area contributed by atoms with Crippen molar-refractivity contribution in [1.82, 2.24) is 30.8 Å². The number of para-hydroxylation sites is 1. The van der Waals surface area contributed by atoms with Gasteiger partial charge in [-0.3, -0.25) is 0 Å². The number of aromatic nitrogens is 4. The van der Waals surface area contributed by atoms with Crippen LogP contribution in [0.5, 0.6) is 0 Å². The van der Waals surface area contributed by atoms with E-state index in [-0.39, 0.29) is 36.3 Å². The molecule has 11 heteroatoms. The Kier molecular flexibility index (Phi) is 9.17. The number of nitrogens with one attached hydrogen (secondary N) is 2. The highest BCUT2D eigenvalue weighted by Crippen LogP contribution is 2.55. The van der Waals surface area contributed by atoms with Crippen molar-refractivity contribution in [3.63, 3.8) is 0 Å². The zero-order valence-corrected chi connectivity index (χ0v) is 28.6. The second kappa shape index (κ2) is 13.9. The molecule has 1 aliphatic heterocycles. The fourth-order valence-electron chi connectivity index (χ4n) is 8.99. The molecule has 0 unspecified atom stereocenters. The van der Waals surface area contributed by atoms with Gasteiger partial charge in [0.05, 0.1) is 24.5 Å². The van der Waals surface area contributed by atoms with Crippen molar-refractivity contribution in [2.24, 2.45) is 23.7 Å². The summed E-state index contributed by atoms with van der Waals surface area (Å²) in [6.45, 7) is 2.60. The molecule has 4 aromatic rings. The topological polar surface area (TPSA) is 123 Å². The standard InChI is InChI=1S/C38H44N6O4S/c1-24-33(23-49-37-41-42-43-44(37)32-5-3-2-4-6-32)47-35(48-34(24)30-11-9-26(22-45)10-12-30)31-13-7-25(8-14-31)21-39-36(46)40-38-18-27-15-28(19-38)17-29(16-27)20-38/h2-14,24,27-29,33-35,45H,15-23H2,1H3,(H2,39,40,46)/t24-,27?,28?,29?,33+,34+,35+,38?/m0/s1. The lowest BCUT2D eigenvalue weighted by Gasteiger charge is -2.56. The number of carbonyl (C=O) groups excluding carboxylic acids is 1. The van der Waals surface area contributed by atoms with Crippen LogP contribution in [0.2, 0.25) is 0 Å². The van der Waals surface area contributed by atoms with Crippen LogP contribution in [0.15, 0.2) is 84.0 Å². The number of ether oxygens (including phenoxy) is 2. The van der Waals surface area contributed by atoms with Crippen LogP contribution >= 0.6 is 11.8 Å². The molecule has 4 aliphatic carbocycles. The number of amides is 2. The van der Waals surface area contributed by atoms with Crippen LogP contribution in [0.3, 0.4) is 0 Å². The Morgan fingerprint density at radius 1 is 0.898 bits per heavy atom. The number of urea groups is 1. The molecular formula is C38H44N6O4S. The molecule has 5 aliphatic rings. The van der Waals surface area contributed by atoms with Crippen LogP contribution in [0.25, 0.3) is 5.69 Å².